The van der Waals surface area contributed by atoms with Gasteiger partial charge in [-0.15, -0.1) is 0 Å². The molecular formula is C28H24ClFN4O4S. The van der Waals surface area contributed by atoms with Gasteiger partial charge in [0, 0.05) is 48.0 Å². The first-order chi connectivity index (χ1) is 18.5. The lowest BCUT2D eigenvalue weighted by Crippen LogP contribution is -2.40. The highest BCUT2D eigenvalue weighted by Crippen LogP contribution is 2.37. The van der Waals surface area contributed by atoms with E-state index in [4.69, 9.17) is 11.6 Å². The number of pyridine rings is 1. The van der Waals surface area contributed by atoms with Gasteiger partial charge in [-0.25, -0.2) is 14.1 Å². The van der Waals surface area contributed by atoms with Gasteiger partial charge in [0.05, 0.1) is 17.6 Å². The number of carbonyl (C=O) groups excluding carboxylic acids is 2. The molecule has 0 saturated carbocycles. The van der Waals surface area contributed by atoms with Gasteiger partial charge >= 0.3 is 10.2 Å². The summed E-state index contributed by atoms with van der Waals surface area (Å²) >= 11 is 6.54. The molecule has 39 heavy (non-hydrogen) atoms. The van der Waals surface area contributed by atoms with Gasteiger partial charge in [-0.1, -0.05) is 48.0 Å². The third-order valence-corrected chi connectivity index (χ3v) is 8.34. The Morgan fingerprint density at radius 1 is 1.21 bits per heavy atom. The maximum Gasteiger partial charge on any atom is 0.303 e. The molecule has 1 amide bonds. The Kier molecular flexibility index (Phi) is 6.88. The number of aromatic nitrogens is 2. The third kappa shape index (κ3) is 4.87. The lowest BCUT2D eigenvalue weighted by molar-refractivity contribution is -0.113. The Labute approximate surface area is 229 Å². The minimum atomic E-state index is -4.20. The van der Waals surface area contributed by atoms with Gasteiger partial charge in [0.25, 0.3) is 5.91 Å². The van der Waals surface area contributed by atoms with E-state index in [1.165, 1.54) is 24.7 Å². The predicted octanol–water partition coefficient (Wildman–Crippen LogP) is 4.79. The molecule has 200 valence electrons. The zero-order valence-electron chi connectivity index (χ0n) is 21.3. The molecule has 1 aliphatic rings. The number of hydrogen-bond donors (Lipinski definition) is 1. The zero-order chi connectivity index (χ0) is 28.1. The maximum absolute atomic E-state index is 14.9. The van der Waals surface area contributed by atoms with Gasteiger partial charge in [-0.3, -0.25) is 9.59 Å². The molecule has 0 spiro atoms. The molecule has 0 saturated heterocycles. The van der Waals surface area contributed by atoms with Gasteiger partial charge in [0.15, 0.2) is 5.78 Å². The van der Waals surface area contributed by atoms with E-state index in [0.717, 1.165) is 9.69 Å². The van der Waals surface area contributed by atoms with Crippen molar-refractivity contribution in [1.82, 2.24) is 18.6 Å². The topological polar surface area (TPSA) is 101 Å². The molecule has 0 radical (unpaired) electrons. The highest BCUT2D eigenvalue weighted by atomic mass is 35.5. The summed E-state index contributed by atoms with van der Waals surface area (Å²) in [6.07, 6.45) is 5.06. The largest absolute Gasteiger partial charge is 0.331 e. The molecule has 0 bridgehead atoms. The number of carbonyl (C=O) groups is 2. The fraction of sp³-hybridized carbons (Fsp3) is 0.179. The number of amides is 1. The van der Waals surface area contributed by atoms with Crippen molar-refractivity contribution >= 4 is 60.9 Å². The van der Waals surface area contributed by atoms with Crippen LogP contribution in [0.15, 0.2) is 60.7 Å². The number of ketones is 1. The summed E-state index contributed by atoms with van der Waals surface area (Å²) in [5.74, 6) is -1.75. The molecule has 0 fully saturated rings. The van der Waals surface area contributed by atoms with Crippen LogP contribution in [0.2, 0.25) is 5.15 Å². The van der Waals surface area contributed by atoms with Crippen molar-refractivity contribution in [2.75, 3.05) is 14.1 Å². The minimum Gasteiger partial charge on any atom is -0.331 e. The van der Waals surface area contributed by atoms with Crippen LogP contribution in [0.4, 0.5) is 4.39 Å². The Morgan fingerprint density at radius 3 is 2.67 bits per heavy atom. The van der Waals surface area contributed by atoms with Crippen LogP contribution in [0.5, 0.6) is 0 Å². The molecule has 0 unspecified atom stereocenters. The monoisotopic (exact) mass is 566 g/mol. The van der Waals surface area contributed by atoms with Crippen LogP contribution < -0.4 is 4.72 Å². The molecule has 1 aliphatic carbocycles. The van der Waals surface area contributed by atoms with Crippen molar-refractivity contribution in [2.45, 2.75) is 19.9 Å². The second-order valence-electron chi connectivity index (χ2n) is 9.41. The number of aryl methyl sites for hydroxylation is 1. The van der Waals surface area contributed by atoms with E-state index in [-0.39, 0.29) is 40.7 Å². The molecule has 2 heterocycles. The Hall–Kier alpha value is -3.86. The van der Waals surface area contributed by atoms with Crippen LogP contribution in [-0.4, -0.2) is 48.1 Å². The summed E-state index contributed by atoms with van der Waals surface area (Å²) in [5.41, 5.74) is 2.13. The zero-order valence-corrected chi connectivity index (χ0v) is 22.9. The smallest absolute Gasteiger partial charge is 0.303 e. The van der Waals surface area contributed by atoms with Crippen molar-refractivity contribution in [1.29, 1.82) is 0 Å². The van der Waals surface area contributed by atoms with Crippen LogP contribution >= 0.6 is 11.6 Å². The predicted molar refractivity (Wildman–Crippen MR) is 149 cm³/mol. The van der Waals surface area contributed by atoms with Crippen LogP contribution in [0.1, 0.15) is 33.6 Å². The van der Waals surface area contributed by atoms with Gasteiger partial charge in [-0.05, 0) is 36.8 Å². The van der Waals surface area contributed by atoms with Crippen molar-refractivity contribution < 1.29 is 22.4 Å². The number of nitrogens with zero attached hydrogens (tertiary/aromatic N) is 3. The summed E-state index contributed by atoms with van der Waals surface area (Å²) in [6, 6.07) is 12.0. The first-order valence-electron chi connectivity index (χ1n) is 12.0. The Balaban J connectivity index is 1.83. The van der Waals surface area contributed by atoms with Crippen LogP contribution in [0, 0.1) is 12.7 Å². The number of nitrogens with one attached hydrogen (secondary N) is 1. The van der Waals surface area contributed by atoms with Crippen LogP contribution in [-0.2, 0) is 21.5 Å². The number of allylic oxidation sites excluding steroid dienone is 4. The quantitative estimate of drug-likeness (QED) is 0.338. The number of halogens is 2. The second kappa shape index (κ2) is 10.0. The molecule has 0 atom stereocenters. The standard InChI is InChI=1S/C28H24ClFN4O4S/c1-16-12-20-23(14-21(16)30)34(15-18-13-17-8-4-6-10-22(17)31-27(18)29)26(28(36)32-39(37,38)33(2)3)25(20)19-9-5-7-11-24(19)35/h4-10,12-14H,11,15H2,1-3H3,(H,32,36). The van der Waals surface area contributed by atoms with E-state index < -0.39 is 21.9 Å². The minimum absolute atomic E-state index is 0.0439. The van der Waals surface area contributed by atoms with Gasteiger partial charge < -0.3 is 4.57 Å². The maximum atomic E-state index is 14.9. The first kappa shape index (κ1) is 26.7. The molecule has 4 aromatic rings. The third-order valence-electron chi connectivity index (χ3n) is 6.61. The van der Waals surface area contributed by atoms with Crippen molar-refractivity contribution in [3.8, 4) is 0 Å². The number of benzene rings is 2. The molecule has 11 heteroatoms. The average Bonchev–Trinajstić information content (AvgIpc) is 3.17. The molecule has 2 aromatic carbocycles. The molecule has 0 aliphatic heterocycles. The highest BCUT2D eigenvalue weighted by molar-refractivity contribution is 7.87. The average molecular weight is 567 g/mol. The molecule has 8 nitrogen and oxygen atoms in total. The lowest BCUT2D eigenvalue weighted by atomic mass is 9.93. The first-order valence-corrected chi connectivity index (χ1v) is 13.8. The molecule has 5 rings (SSSR count). The van der Waals surface area contributed by atoms with Crippen molar-refractivity contribution in [3.63, 3.8) is 0 Å². The van der Waals surface area contributed by atoms with Gasteiger partial charge in [-0.2, -0.15) is 12.7 Å². The van der Waals surface area contributed by atoms with Crippen LogP contribution in [0.3, 0.4) is 0 Å². The number of Topliss-reactive ketones (excluding diaryl/α,β-unsaturated/α-hetero) is 1. The van der Waals surface area contributed by atoms with Gasteiger partial charge in [0.2, 0.25) is 0 Å². The summed E-state index contributed by atoms with van der Waals surface area (Å²) in [5, 5.41) is 1.40. The number of fused-ring (bicyclic) bond motifs is 2. The molecule has 2 aromatic heterocycles. The summed E-state index contributed by atoms with van der Waals surface area (Å²) < 4.78 is 44.7. The SMILES string of the molecule is Cc1cc2c(C3=CC=CCC3=O)c(C(=O)NS(=O)(=O)N(C)C)n(Cc3cc4ccccc4nc3Cl)c2cc1F. The fourth-order valence-electron chi connectivity index (χ4n) is 4.59. The Bertz CT molecular complexity index is 1860. The summed E-state index contributed by atoms with van der Waals surface area (Å²) in [7, 11) is -1.64. The van der Waals surface area contributed by atoms with E-state index in [9.17, 15) is 22.4 Å². The number of para-hydroxylation sites is 1. The van der Waals surface area contributed by atoms with E-state index in [0.29, 0.717) is 27.5 Å². The van der Waals surface area contributed by atoms with Crippen LogP contribution in [0.25, 0.3) is 27.4 Å². The summed E-state index contributed by atoms with van der Waals surface area (Å²) in [6.45, 7) is 1.53. The van der Waals surface area contributed by atoms with E-state index >= 15 is 0 Å². The van der Waals surface area contributed by atoms with E-state index in [2.05, 4.69) is 9.71 Å². The second-order valence-corrected chi connectivity index (χ2v) is 11.7. The van der Waals surface area contributed by atoms with Gasteiger partial charge in [0.1, 0.15) is 16.7 Å². The summed E-state index contributed by atoms with van der Waals surface area (Å²) in [4.78, 5) is 31.2. The Morgan fingerprint density at radius 2 is 1.95 bits per heavy atom. The van der Waals surface area contributed by atoms with E-state index in [1.807, 2.05) is 30.3 Å². The van der Waals surface area contributed by atoms with E-state index in [1.54, 1.807) is 31.2 Å². The number of rotatable bonds is 6. The van der Waals surface area contributed by atoms with Crippen molar-refractivity contribution in [3.05, 3.63) is 94.0 Å². The number of hydrogen-bond acceptors (Lipinski definition) is 5. The fourth-order valence-corrected chi connectivity index (χ4v) is 5.31. The molecule has 1 N–H and O–H groups in total. The normalized spacial score (nSPS) is 13.9. The lowest BCUT2D eigenvalue weighted by Gasteiger charge is -2.17. The molecular weight excluding hydrogens is 543 g/mol. The highest BCUT2D eigenvalue weighted by Gasteiger charge is 2.31. The van der Waals surface area contributed by atoms with Crippen molar-refractivity contribution in [2.24, 2.45) is 0 Å².